The van der Waals surface area contributed by atoms with Crippen molar-refractivity contribution in [3.8, 4) is 0 Å². The number of piperidine rings is 1. The molecule has 1 fully saturated rings. The Labute approximate surface area is 136 Å². The fraction of sp³-hybridized carbons (Fsp3) is 0.529. The Bertz CT molecular complexity index is 565. The summed E-state index contributed by atoms with van der Waals surface area (Å²) in [5.41, 5.74) is 0.407. The summed E-state index contributed by atoms with van der Waals surface area (Å²) in [4.78, 5) is 25.9. The summed E-state index contributed by atoms with van der Waals surface area (Å²) in [7, 11) is 0. The van der Waals surface area contributed by atoms with E-state index in [2.05, 4.69) is 0 Å². The van der Waals surface area contributed by atoms with E-state index in [9.17, 15) is 9.59 Å². The van der Waals surface area contributed by atoms with Crippen LogP contribution in [-0.4, -0.2) is 35.5 Å². The van der Waals surface area contributed by atoms with Gasteiger partial charge in [-0.1, -0.05) is 29.8 Å². The molecule has 0 saturated carbocycles. The number of hydrogen-bond donors (Lipinski definition) is 0. The zero-order valence-electron chi connectivity index (χ0n) is 13.3. The number of likely N-dealkylation sites (tertiary alicyclic amines) is 1. The fourth-order valence-electron chi connectivity index (χ4n) is 2.51. The number of ether oxygens (including phenoxy) is 1. The minimum absolute atomic E-state index is 0.180. The molecule has 1 aliphatic rings. The van der Waals surface area contributed by atoms with Crippen molar-refractivity contribution in [2.24, 2.45) is 5.92 Å². The second-order valence-electron chi connectivity index (χ2n) is 6.64. The van der Waals surface area contributed by atoms with Crippen molar-refractivity contribution >= 4 is 23.5 Å². The van der Waals surface area contributed by atoms with Gasteiger partial charge in [0.15, 0.2) is 0 Å². The molecule has 1 saturated heterocycles. The van der Waals surface area contributed by atoms with Crippen LogP contribution >= 0.6 is 11.6 Å². The van der Waals surface area contributed by atoms with Crippen LogP contribution in [0.1, 0.15) is 32.8 Å². The molecular formula is C17H22ClNO3. The van der Waals surface area contributed by atoms with Crippen molar-refractivity contribution in [2.75, 3.05) is 13.1 Å². The third-order valence-corrected chi connectivity index (χ3v) is 3.97. The van der Waals surface area contributed by atoms with Gasteiger partial charge in [-0.05, 0) is 38.8 Å². The largest absolute Gasteiger partial charge is 0.444 e. The van der Waals surface area contributed by atoms with E-state index in [1.165, 1.54) is 0 Å². The summed E-state index contributed by atoms with van der Waals surface area (Å²) >= 11 is 6.16. The molecule has 120 valence electrons. The van der Waals surface area contributed by atoms with Gasteiger partial charge in [-0.25, -0.2) is 4.79 Å². The lowest BCUT2D eigenvalue weighted by molar-refractivity contribution is -0.125. The molecule has 1 amide bonds. The Morgan fingerprint density at radius 1 is 1.36 bits per heavy atom. The number of Topliss-reactive ketones (excluding diaryl/α,β-unsaturated/α-hetero) is 1. The molecule has 5 heteroatoms. The van der Waals surface area contributed by atoms with Crippen molar-refractivity contribution in [3.05, 3.63) is 34.9 Å². The van der Waals surface area contributed by atoms with Crippen LogP contribution in [0, 0.1) is 5.92 Å². The van der Waals surface area contributed by atoms with Crippen LogP contribution in [0.4, 0.5) is 4.79 Å². The number of hydrogen-bond acceptors (Lipinski definition) is 3. The van der Waals surface area contributed by atoms with Crippen LogP contribution in [0.2, 0.25) is 5.02 Å². The molecule has 2 rings (SSSR count). The molecule has 1 heterocycles. The van der Waals surface area contributed by atoms with Crippen LogP contribution < -0.4 is 0 Å². The van der Waals surface area contributed by atoms with Crippen molar-refractivity contribution in [1.29, 1.82) is 0 Å². The summed E-state index contributed by atoms with van der Waals surface area (Å²) in [6.45, 7) is 6.31. The minimum atomic E-state index is -0.531. The SMILES string of the molecule is CC(C)(C)OC(=O)N1CCC(=O)[C@H](Cc2ccccc2Cl)C1. The fourth-order valence-corrected chi connectivity index (χ4v) is 2.72. The van der Waals surface area contributed by atoms with Gasteiger partial charge in [0.2, 0.25) is 0 Å². The average Bonchev–Trinajstić information content (AvgIpc) is 2.41. The third-order valence-electron chi connectivity index (χ3n) is 3.60. The summed E-state index contributed by atoms with van der Waals surface area (Å²) in [5, 5.41) is 0.657. The first-order chi connectivity index (χ1) is 10.3. The predicted molar refractivity (Wildman–Crippen MR) is 86.1 cm³/mol. The van der Waals surface area contributed by atoms with Crippen LogP contribution in [0.5, 0.6) is 0 Å². The van der Waals surface area contributed by atoms with Crippen molar-refractivity contribution in [1.82, 2.24) is 4.90 Å². The topological polar surface area (TPSA) is 46.6 Å². The number of benzene rings is 1. The van der Waals surface area contributed by atoms with E-state index < -0.39 is 5.60 Å². The van der Waals surface area contributed by atoms with Gasteiger partial charge >= 0.3 is 6.09 Å². The highest BCUT2D eigenvalue weighted by atomic mass is 35.5. The first kappa shape index (κ1) is 16.8. The van der Waals surface area contributed by atoms with E-state index in [-0.39, 0.29) is 17.8 Å². The van der Waals surface area contributed by atoms with E-state index >= 15 is 0 Å². The average molecular weight is 324 g/mol. The monoisotopic (exact) mass is 323 g/mol. The number of carbonyl (C=O) groups is 2. The Morgan fingerprint density at radius 3 is 2.68 bits per heavy atom. The molecule has 22 heavy (non-hydrogen) atoms. The Morgan fingerprint density at radius 2 is 2.05 bits per heavy atom. The van der Waals surface area contributed by atoms with Crippen molar-refractivity contribution < 1.29 is 14.3 Å². The summed E-state index contributed by atoms with van der Waals surface area (Å²) in [6.07, 6.45) is 0.566. The summed E-state index contributed by atoms with van der Waals surface area (Å²) in [6, 6.07) is 7.50. The second kappa shape index (κ2) is 6.69. The lowest BCUT2D eigenvalue weighted by atomic mass is 9.90. The van der Waals surface area contributed by atoms with Crippen molar-refractivity contribution in [2.45, 2.75) is 39.2 Å². The van der Waals surface area contributed by atoms with Gasteiger partial charge in [0.05, 0.1) is 0 Å². The number of rotatable bonds is 2. The lowest BCUT2D eigenvalue weighted by Gasteiger charge is -2.33. The van der Waals surface area contributed by atoms with Gasteiger partial charge in [-0.15, -0.1) is 0 Å². The zero-order valence-corrected chi connectivity index (χ0v) is 14.0. The molecule has 0 aliphatic carbocycles. The summed E-state index contributed by atoms with van der Waals surface area (Å²) < 4.78 is 5.38. The molecule has 0 spiro atoms. The predicted octanol–water partition coefficient (Wildman–Crippen LogP) is 3.71. The molecule has 0 bridgehead atoms. The molecule has 1 aromatic carbocycles. The lowest BCUT2D eigenvalue weighted by Crippen LogP contribution is -2.46. The number of amides is 1. The highest BCUT2D eigenvalue weighted by Gasteiger charge is 2.32. The minimum Gasteiger partial charge on any atom is -0.444 e. The van der Waals surface area contributed by atoms with Crippen molar-refractivity contribution in [3.63, 3.8) is 0 Å². The van der Waals surface area contributed by atoms with Crippen LogP contribution in [-0.2, 0) is 16.0 Å². The molecule has 1 aliphatic heterocycles. The Kier molecular flexibility index (Phi) is 5.12. The van der Waals surface area contributed by atoms with E-state index in [1.54, 1.807) is 4.90 Å². The van der Waals surface area contributed by atoms with E-state index in [0.717, 1.165) is 5.56 Å². The standard InChI is InChI=1S/C17H22ClNO3/c1-17(2,3)22-16(21)19-9-8-15(20)13(11-19)10-12-6-4-5-7-14(12)18/h4-7,13H,8-11H2,1-3H3/t13-/m1/s1. The zero-order chi connectivity index (χ0) is 16.3. The first-order valence-corrected chi connectivity index (χ1v) is 7.88. The maximum absolute atomic E-state index is 12.2. The number of halogens is 1. The molecular weight excluding hydrogens is 302 g/mol. The molecule has 0 unspecified atom stereocenters. The van der Waals surface area contributed by atoms with Crippen LogP contribution in [0.3, 0.4) is 0 Å². The van der Waals surface area contributed by atoms with Crippen LogP contribution in [0.25, 0.3) is 0 Å². The van der Waals surface area contributed by atoms with E-state index in [4.69, 9.17) is 16.3 Å². The van der Waals surface area contributed by atoms with Gasteiger partial charge in [0, 0.05) is 30.5 Å². The molecule has 1 aromatic rings. The quantitative estimate of drug-likeness (QED) is 0.833. The Balaban J connectivity index is 2.04. The highest BCUT2D eigenvalue weighted by Crippen LogP contribution is 2.24. The van der Waals surface area contributed by atoms with Gasteiger partial charge in [-0.2, -0.15) is 0 Å². The normalized spacial score (nSPS) is 19.2. The Hall–Kier alpha value is -1.55. The molecule has 4 nitrogen and oxygen atoms in total. The van der Waals surface area contributed by atoms with Gasteiger partial charge in [0.25, 0.3) is 0 Å². The molecule has 0 radical (unpaired) electrons. The summed E-state index contributed by atoms with van der Waals surface area (Å²) in [5.74, 6) is -0.0408. The highest BCUT2D eigenvalue weighted by molar-refractivity contribution is 6.31. The first-order valence-electron chi connectivity index (χ1n) is 7.50. The molecule has 0 aromatic heterocycles. The number of ketones is 1. The number of carbonyl (C=O) groups excluding carboxylic acids is 2. The van der Waals surface area contributed by atoms with Gasteiger partial charge in [-0.3, -0.25) is 4.79 Å². The maximum Gasteiger partial charge on any atom is 0.410 e. The third kappa shape index (κ3) is 4.47. The van der Waals surface area contributed by atoms with E-state index in [1.807, 2.05) is 45.0 Å². The van der Waals surface area contributed by atoms with E-state index in [0.29, 0.717) is 31.0 Å². The maximum atomic E-state index is 12.2. The van der Waals surface area contributed by atoms with Gasteiger partial charge < -0.3 is 9.64 Å². The molecule has 0 N–H and O–H groups in total. The molecule has 1 atom stereocenters. The van der Waals surface area contributed by atoms with Crippen LogP contribution in [0.15, 0.2) is 24.3 Å². The second-order valence-corrected chi connectivity index (χ2v) is 7.04. The number of nitrogens with zero attached hydrogens (tertiary/aromatic N) is 1. The van der Waals surface area contributed by atoms with Gasteiger partial charge in [0.1, 0.15) is 11.4 Å². The smallest absolute Gasteiger partial charge is 0.410 e.